The molecule has 1 amide bonds. The van der Waals surface area contributed by atoms with E-state index in [-0.39, 0.29) is 5.91 Å². The Kier molecular flexibility index (Phi) is 3.55. The van der Waals surface area contributed by atoms with Crippen LogP contribution in [0.2, 0.25) is 0 Å². The molecule has 0 radical (unpaired) electrons. The molecule has 0 aromatic carbocycles. The summed E-state index contributed by atoms with van der Waals surface area (Å²) in [5.74, 6) is 0.714. The van der Waals surface area contributed by atoms with Gasteiger partial charge < -0.3 is 10.6 Å². The van der Waals surface area contributed by atoms with Gasteiger partial charge in [0.1, 0.15) is 5.82 Å². The van der Waals surface area contributed by atoms with Gasteiger partial charge in [-0.3, -0.25) is 4.79 Å². The molecule has 2 rings (SSSR count). The van der Waals surface area contributed by atoms with E-state index in [2.05, 4.69) is 29.5 Å². The molecule has 1 aromatic rings. The molecule has 1 aliphatic rings. The van der Waals surface area contributed by atoms with Crippen molar-refractivity contribution in [2.75, 3.05) is 12.4 Å². The Balaban J connectivity index is 1.99. The molecule has 98 valence electrons. The average Bonchev–Trinajstić information content (AvgIpc) is 2.68. The van der Waals surface area contributed by atoms with Crippen molar-refractivity contribution in [3.63, 3.8) is 0 Å². The van der Waals surface area contributed by atoms with E-state index >= 15 is 0 Å². The second-order valence-electron chi connectivity index (χ2n) is 5.76. The normalized spacial score (nSPS) is 21.6. The zero-order valence-electron chi connectivity index (χ0n) is 11.3. The fourth-order valence-corrected chi connectivity index (χ4v) is 2.54. The largest absolute Gasteiger partial charge is 0.373 e. The average molecular weight is 247 g/mol. The van der Waals surface area contributed by atoms with Gasteiger partial charge in [-0.25, -0.2) is 4.98 Å². The Hall–Kier alpha value is -1.58. The number of nitrogens with one attached hydrogen (secondary N) is 2. The lowest BCUT2D eigenvalue weighted by atomic mass is 9.92. The maximum Gasteiger partial charge on any atom is 0.251 e. The van der Waals surface area contributed by atoms with Gasteiger partial charge in [0.25, 0.3) is 5.91 Å². The van der Waals surface area contributed by atoms with E-state index in [0.717, 1.165) is 18.7 Å². The summed E-state index contributed by atoms with van der Waals surface area (Å²) in [6.07, 6.45) is 4.96. The summed E-state index contributed by atoms with van der Waals surface area (Å²) < 4.78 is 0. The summed E-state index contributed by atoms with van der Waals surface area (Å²) in [6, 6.07) is 3.82. The van der Waals surface area contributed by atoms with Gasteiger partial charge in [-0.15, -0.1) is 0 Å². The van der Waals surface area contributed by atoms with E-state index in [1.807, 2.05) is 0 Å². The van der Waals surface area contributed by atoms with Crippen molar-refractivity contribution in [3.05, 3.63) is 23.9 Å². The number of pyridine rings is 1. The van der Waals surface area contributed by atoms with Crippen LogP contribution in [0.1, 0.15) is 43.5 Å². The summed E-state index contributed by atoms with van der Waals surface area (Å²) in [6.45, 7) is 4.51. The number of amides is 1. The van der Waals surface area contributed by atoms with Gasteiger partial charge in [0.05, 0.1) is 0 Å². The van der Waals surface area contributed by atoms with Crippen LogP contribution in [0.3, 0.4) is 0 Å². The molecule has 0 aliphatic heterocycles. The molecule has 0 spiro atoms. The first-order valence-electron chi connectivity index (χ1n) is 6.45. The maximum absolute atomic E-state index is 12.1. The highest BCUT2D eigenvalue weighted by molar-refractivity contribution is 5.95. The summed E-state index contributed by atoms with van der Waals surface area (Å²) >= 11 is 0. The maximum atomic E-state index is 12.1. The molecule has 1 saturated carbocycles. The summed E-state index contributed by atoms with van der Waals surface area (Å²) in [4.78, 5) is 16.2. The highest BCUT2D eigenvalue weighted by Gasteiger charge is 2.31. The number of nitrogens with zero attached hydrogens (tertiary/aromatic N) is 1. The lowest BCUT2D eigenvalue weighted by molar-refractivity contribution is 0.0936. The van der Waals surface area contributed by atoms with Crippen LogP contribution in [0, 0.1) is 5.41 Å². The highest BCUT2D eigenvalue weighted by atomic mass is 16.1. The smallest absolute Gasteiger partial charge is 0.251 e. The van der Waals surface area contributed by atoms with E-state index in [1.54, 1.807) is 25.4 Å². The predicted octanol–water partition coefficient (Wildman–Crippen LogP) is 2.43. The zero-order chi connectivity index (χ0) is 13.2. The Bertz CT molecular complexity index is 442. The molecule has 1 fully saturated rings. The second kappa shape index (κ2) is 4.96. The van der Waals surface area contributed by atoms with Gasteiger partial charge in [0.15, 0.2) is 0 Å². The monoisotopic (exact) mass is 247 g/mol. The molecule has 1 aliphatic carbocycles. The van der Waals surface area contributed by atoms with E-state index < -0.39 is 0 Å². The fourth-order valence-electron chi connectivity index (χ4n) is 2.54. The Morgan fingerprint density at radius 2 is 2.28 bits per heavy atom. The quantitative estimate of drug-likeness (QED) is 0.862. The zero-order valence-corrected chi connectivity index (χ0v) is 11.3. The van der Waals surface area contributed by atoms with E-state index in [9.17, 15) is 4.79 Å². The molecule has 1 heterocycles. The van der Waals surface area contributed by atoms with Crippen LogP contribution in [0.4, 0.5) is 5.82 Å². The molecule has 1 unspecified atom stereocenters. The van der Waals surface area contributed by atoms with E-state index in [4.69, 9.17) is 0 Å². The number of carbonyl (C=O) groups excluding carboxylic acids is 1. The van der Waals surface area contributed by atoms with Crippen LogP contribution < -0.4 is 10.6 Å². The third-order valence-corrected chi connectivity index (χ3v) is 3.58. The summed E-state index contributed by atoms with van der Waals surface area (Å²) in [5, 5.41) is 6.05. The summed E-state index contributed by atoms with van der Waals surface area (Å²) in [7, 11) is 1.80. The molecule has 0 bridgehead atoms. The highest BCUT2D eigenvalue weighted by Crippen LogP contribution is 2.36. The van der Waals surface area contributed by atoms with Crippen molar-refractivity contribution in [1.29, 1.82) is 0 Å². The first-order chi connectivity index (χ1) is 8.50. The van der Waals surface area contributed by atoms with Crippen LogP contribution >= 0.6 is 0 Å². The van der Waals surface area contributed by atoms with Crippen molar-refractivity contribution in [2.24, 2.45) is 5.41 Å². The molecule has 2 N–H and O–H groups in total. The second-order valence-corrected chi connectivity index (χ2v) is 5.76. The Morgan fingerprint density at radius 1 is 1.50 bits per heavy atom. The number of hydrogen-bond acceptors (Lipinski definition) is 3. The minimum atomic E-state index is -0.00315. The topological polar surface area (TPSA) is 54.0 Å². The van der Waals surface area contributed by atoms with Crippen molar-refractivity contribution < 1.29 is 4.79 Å². The van der Waals surface area contributed by atoms with Gasteiger partial charge in [0, 0.05) is 24.8 Å². The molecular formula is C14H21N3O. The fraction of sp³-hybridized carbons (Fsp3) is 0.571. The number of aromatic nitrogens is 1. The third kappa shape index (κ3) is 3.00. The van der Waals surface area contributed by atoms with Gasteiger partial charge >= 0.3 is 0 Å². The molecule has 4 nitrogen and oxygen atoms in total. The van der Waals surface area contributed by atoms with Gasteiger partial charge in [0.2, 0.25) is 0 Å². The minimum absolute atomic E-state index is 0.00315. The van der Waals surface area contributed by atoms with Gasteiger partial charge in [-0.2, -0.15) is 0 Å². The van der Waals surface area contributed by atoms with Crippen LogP contribution in [-0.4, -0.2) is 24.0 Å². The Labute approximate surface area is 108 Å². The summed E-state index contributed by atoms with van der Waals surface area (Å²) in [5.41, 5.74) is 1.02. The third-order valence-electron chi connectivity index (χ3n) is 3.58. The molecule has 0 saturated heterocycles. The van der Waals surface area contributed by atoms with Crippen LogP contribution in [-0.2, 0) is 0 Å². The lowest BCUT2D eigenvalue weighted by Crippen LogP contribution is -2.33. The molecule has 1 atom stereocenters. The van der Waals surface area contributed by atoms with Crippen molar-refractivity contribution in [2.45, 2.75) is 39.2 Å². The van der Waals surface area contributed by atoms with Gasteiger partial charge in [-0.1, -0.05) is 13.8 Å². The van der Waals surface area contributed by atoms with Crippen LogP contribution in [0.5, 0.6) is 0 Å². The minimum Gasteiger partial charge on any atom is -0.373 e. The van der Waals surface area contributed by atoms with Crippen molar-refractivity contribution in [3.8, 4) is 0 Å². The van der Waals surface area contributed by atoms with Gasteiger partial charge in [-0.05, 0) is 36.8 Å². The number of hydrogen-bond donors (Lipinski definition) is 2. The SMILES string of the molecule is CNc1cc(C(=O)NC2CCC(C)(C)C2)ccn1. The first-order valence-corrected chi connectivity index (χ1v) is 6.45. The number of rotatable bonds is 3. The Morgan fingerprint density at radius 3 is 2.89 bits per heavy atom. The number of carbonyl (C=O) groups is 1. The van der Waals surface area contributed by atoms with E-state index in [0.29, 0.717) is 17.0 Å². The standard InChI is InChI=1S/C14H21N3O/c1-14(2)6-4-11(9-14)17-13(18)10-5-7-16-12(8-10)15-3/h5,7-8,11H,4,6,9H2,1-3H3,(H,15,16)(H,17,18). The van der Waals surface area contributed by atoms with Crippen molar-refractivity contribution in [1.82, 2.24) is 10.3 Å². The van der Waals surface area contributed by atoms with E-state index in [1.165, 1.54) is 6.42 Å². The van der Waals surface area contributed by atoms with Crippen LogP contribution in [0.25, 0.3) is 0 Å². The molecular weight excluding hydrogens is 226 g/mol. The van der Waals surface area contributed by atoms with Crippen molar-refractivity contribution >= 4 is 11.7 Å². The first kappa shape index (κ1) is 12.9. The lowest BCUT2D eigenvalue weighted by Gasteiger charge is -2.18. The van der Waals surface area contributed by atoms with Crippen LogP contribution in [0.15, 0.2) is 18.3 Å². The molecule has 4 heteroatoms. The molecule has 18 heavy (non-hydrogen) atoms. The number of anilines is 1. The predicted molar refractivity (Wildman–Crippen MR) is 72.7 cm³/mol. The molecule has 1 aromatic heterocycles.